The molecule has 1 saturated heterocycles. The molecule has 3 nitrogen and oxygen atoms in total. The summed E-state index contributed by atoms with van der Waals surface area (Å²) in [5, 5.41) is 9.21. The quantitative estimate of drug-likeness (QED) is 0.766. The molecule has 0 N–H and O–H groups in total. The molecule has 18 heavy (non-hydrogen) atoms. The highest BCUT2D eigenvalue weighted by Gasteiger charge is 2.33. The molecule has 92 valence electrons. The van der Waals surface area contributed by atoms with E-state index < -0.39 is 0 Å². The third-order valence-corrected chi connectivity index (χ3v) is 3.48. The smallest absolute Gasteiger partial charge is 0.231 e. The fourth-order valence-electron chi connectivity index (χ4n) is 2.29. The van der Waals surface area contributed by atoms with Crippen molar-refractivity contribution in [2.24, 2.45) is 0 Å². The van der Waals surface area contributed by atoms with Crippen LogP contribution in [0.4, 0.5) is 5.69 Å². The largest absolute Gasteiger partial charge is 0.305 e. The Balaban J connectivity index is 2.42. The van der Waals surface area contributed by atoms with Gasteiger partial charge in [-0.05, 0) is 30.2 Å². The van der Waals surface area contributed by atoms with E-state index in [-0.39, 0.29) is 11.9 Å². The minimum Gasteiger partial charge on any atom is -0.305 e. The Kier molecular flexibility index (Phi) is 3.40. The van der Waals surface area contributed by atoms with E-state index in [9.17, 15) is 4.79 Å². The Hall–Kier alpha value is -1.79. The average Bonchev–Trinajstić information content (AvgIpc) is 2.63. The van der Waals surface area contributed by atoms with Crippen LogP contribution >= 0.6 is 11.6 Å². The first-order valence-corrected chi connectivity index (χ1v) is 6.15. The van der Waals surface area contributed by atoms with Crippen molar-refractivity contribution < 1.29 is 4.79 Å². The second kappa shape index (κ2) is 4.83. The molecule has 0 spiro atoms. The van der Waals surface area contributed by atoms with Gasteiger partial charge in [0.05, 0.1) is 16.6 Å². The van der Waals surface area contributed by atoms with E-state index in [0.717, 1.165) is 17.7 Å². The highest BCUT2D eigenvalue weighted by atomic mass is 35.5. The van der Waals surface area contributed by atoms with Gasteiger partial charge in [0.1, 0.15) is 6.07 Å². The maximum absolute atomic E-state index is 12.0. The van der Waals surface area contributed by atoms with Crippen LogP contribution in [0.15, 0.2) is 30.4 Å². The fourth-order valence-corrected chi connectivity index (χ4v) is 2.51. The summed E-state index contributed by atoms with van der Waals surface area (Å²) in [6.07, 6.45) is 1.21. The lowest BCUT2D eigenvalue weighted by Gasteiger charge is -2.24. The summed E-state index contributed by atoms with van der Waals surface area (Å²) in [7, 11) is 0. The molecule has 1 aromatic carbocycles. The lowest BCUT2D eigenvalue weighted by Crippen LogP contribution is -2.32. The van der Waals surface area contributed by atoms with Gasteiger partial charge in [-0.25, -0.2) is 0 Å². The summed E-state index contributed by atoms with van der Waals surface area (Å²) in [5.74, 6) is 0.0348. The molecule has 1 aliphatic rings. The van der Waals surface area contributed by atoms with Crippen LogP contribution in [0.1, 0.15) is 25.3 Å². The fraction of sp³-hybridized carbons (Fsp3) is 0.286. The molecule has 2 rings (SSSR count). The molecule has 0 saturated carbocycles. The number of carbonyl (C=O) groups is 1. The van der Waals surface area contributed by atoms with Crippen LogP contribution in [-0.2, 0) is 4.79 Å². The molecular weight excluding hydrogens is 248 g/mol. The number of carbonyl (C=O) groups excluding carboxylic acids is 1. The molecule has 1 fully saturated rings. The van der Waals surface area contributed by atoms with Crippen LogP contribution in [0.2, 0.25) is 5.02 Å². The molecule has 1 aliphatic heterocycles. The van der Waals surface area contributed by atoms with Crippen LogP contribution in [0, 0.1) is 11.3 Å². The molecular formula is C14H13ClN2O. The van der Waals surface area contributed by atoms with Gasteiger partial charge >= 0.3 is 0 Å². The first-order valence-electron chi connectivity index (χ1n) is 5.77. The van der Waals surface area contributed by atoms with Crippen LogP contribution < -0.4 is 4.90 Å². The standard InChI is InChI=1S/C14H13ClN2O/c1-3-13-9(2)6-14(18)17(13)11-5-4-10(8-16)12(15)7-11/h4-5,7,13H,2-3,6H2,1H3/t13-/m0/s1. The van der Waals surface area contributed by atoms with Crippen molar-refractivity contribution in [1.82, 2.24) is 0 Å². The Labute approximate surface area is 111 Å². The maximum Gasteiger partial charge on any atom is 0.231 e. The van der Waals surface area contributed by atoms with Gasteiger partial charge in [-0.3, -0.25) is 4.79 Å². The van der Waals surface area contributed by atoms with Gasteiger partial charge in [0.25, 0.3) is 0 Å². The van der Waals surface area contributed by atoms with Gasteiger partial charge in [0.15, 0.2) is 0 Å². The van der Waals surface area contributed by atoms with Crippen molar-refractivity contribution in [3.05, 3.63) is 40.9 Å². The molecule has 0 bridgehead atoms. The topological polar surface area (TPSA) is 44.1 Å². The van der Waals surface area contributed by atoms with Crippen LogP contribution in [0.3, 0.4) is 0 Å². The molecule has 0 radical (unpaired) electrons. The summed E-state index contributed by atoms with van der Waals surface area (Å²) in [4.78, 5) is 13.7. The van der Waals surface area contributed by atoms with E-state index in [2.05, 4.69) is 6.58 Å². The predicted molar refractivity (Wildman–Crippen MR) is 71.5 cm³/mol. The van der Waals surface area contributed by atoms with Gasteiger partial charge in [-0.1, -0.05) is 25.1 Å². The monoisotopic (exact) mass is 260 g/mol. The van der Waals surface area contributed by atoms with E-state index in [0.29, 0.717) is 17.0 Å². The second-order valence-corrected chi connectivity index (χ2v) is 4.71. The third kappa shape index (κ3) is 2.00. The molecule has 1 amide bonds. The predicted octanol–water partition coefficient (Wildman–Crippen LogP) is 3.28. The van der Waals surface area contributed by atoms with Crippen molar-refractivity contribution in [2.75, 3.05) is 4.90 Å². The molecule has 1 aromatic rings. The summed E-state index contributed by atoms with van der Waals surface area (Å²) in [6.45, 7) is 5.96. The minimum atomic E-state index is 0.0292. The zero-order chi connectivity index (χ0) is 13.3. The maximum atomic E-state index is 12.0. The number of rotatable bonds is 2. The van der Waals surface area contributed by atoms with Crippen molar-refractivity contribution >= 4 is 23.2 Å². The van der Waals surface area contributed by atoms with Crippen molar-refractivity contribution in [1.29, 1.82) is 5.26 Å². The number of amides is 1. The highest BCUT2D eigenvalue weighted by molar-refractivity contribution is 6.32. The van der Waals surface area contributed by atoms with Gasteiger partial charge in [0.2, 0.25) is 5.91 Å². The average molecular weight is 261 g/mol. The van der Waals surface area contributed by atoms with E-state index in [1.165, 1.54) is 0 Å². The zero-order valence-corrected chi connectivity index (χ0v) is 10.9. The van der Waals surface area contributed by atoms with Crippen LogP contribution in [-0.4, -0.2) is 11.9 Å². The second-order valence-electron chi connectivity index (χ2n) is 4.30. The summed E-state index contributed by atoms with van der Waals surface area (Å²) >= 11 is 6.00. The first kappa shape index (κ1) is 12.7. The Morgan fingerprint density at radius 2 is 2.33 bits per heavy atom. The minimum absolute atomic E-state index is 0.0292. The Morgan fingerprint density at radius 1 is 1.61 bits per heavy atom. The highest BCUT2D eigenvalue weighted by Crippen LogP contribution is 2.33. The SMILES string of the molecule is C=C1CC(=O)N(c2ccc(C#N)c(Cl)c2)[C@H]1CC. The van der Waals surface area contributed by atoms with Crippen molar-refractivity contribution in [3.63, 3.8) is 0 Å². The van der Waals surface area contributed by atoms with Crippen molar-refractivity contribution in [3.8, 4) is 6.07 Å². The van der Waals surface area contributed by atoms with Gasteiger partial charge < -0.3 is 4.90 Å². The third-order valence-electron chi connectivity index (χ3n) is 3.17. The number of nitriles is 1. The van der Waals surface area contributed by atoms with Gasteiger partial charge in [0, 0.05) is 12.1 Å². The lowest BCUT2D eigenvalue weighted by atomic mass is 10.1. The number of nitrogens with zero attached hydrogens (tertiary/aromatic N) is 2. The number of anilines is 1. The Morgan fingerprint density at radius 3 is 2.89 bits per heavy atom. The summed E-state index contributed by atoms with van der Waals surface area (Å²) < 4.78 is 0. The van der Waals surface area contributed by atoms with E-state index >= 15 is 0 Å². The number of hydrogen-bond donors (Lipinski definition) is 0. The number of halogens is 1. The lowest BCUT2D eigenvalue weighted by molar-refractivity contribution is -0.117. The molecule has 1 heterocycles. The summed E-state index contributed by atoms with van der Waals surface area (Å²) in [5.41, 5.74) is 2.08. The van der Waals surface area contributed by atoms with E-state index in [4.69, 9.17) is 16.9 Å². The van der Waals surface area contributed by atoms with Gasteiger partial charge in [-0.15, -0.1) is 0 Å². The Bertz CT molecular complexity index is 559. The molecule has 0 aliphatic carbocycles. The van der Waals surface area contributed by atoms with E-state index in [1.807, 2.05) is 13.0 Å². The molecule has 0 aromatic heterocycles. The van der Waals surface area contributed by atoms with E-state index in [1.54, 1.807) is 23.1 Å². The van der Waals surface area contributed by atoms with Crippen LogP contribution in [0.25, 0.3) is 0 Å². The number of hydrogen-bond acceptors (Lipinski definition) is 2. The van der Waals surface area contributed by atoms with Crippen LogP contribution in [0.5, 0.6) is 0 Å². The first-order chi connectivity index (χ1) is 8.58. The molecule has 0 unspecified atom stereocenters. The van der Waals surface area contributed by atoms with Crippen molar-refractivity contribution in [2.45, 2.75) is 25.8 Å². The molecule has 1 atom stereocenters. The normalized spacial score (nSPS) is 19.2. The summed E-state index contributed by atoms with van der Waals surface area (Å²) in [6, 6.07) is 7.09. The number of benzene rings is 1. The zero-order valence-electron chi connectivity index (χ0n) is 10.1. The van der Waals surface area contributed by atoms with Gasteiger partial charge in [-0.2, -0.15) is 5.26 Å². The molecule has 4 heteroatoms.